The molecule has 0 aromatic heterocycles. The molecule has 0 aliphatic rings. The average Bonchev–Trinajstić information content (AvgIpc) is 1.99. The molecule has 0 saturated heterocycles. The molecule has 2 N–H and O–H groups in total. The molecule has 0 fully saturated rings. The third-order valence-electron chi connectivity index (χ3n) is 1.49. The van der Waals surface area contributed by atoms with Crippen molar-refractivity contribution in [3.05, 3.63) is 0 Å². The Kier molecular flexibility index (Phi) is 4.82. The minimum absolute atomic E-state index is 0.390. The third-order valence-corrected chi connectivity index (χ3v) is 1.49. The normalized spacial score (nSPS) is 14.4. The fraction of sp³-hybridized carbons (Fsp3) is 0.857. The van der Waals surface area contributed by atoms with Gasteiger partial charge in [0.2, 0.25) is 0 Å². The zero-order valence-electron chi connectivity index (χ0n) is 7.44. The highest BCUT2D eigenvalue weighted by atomic mass is 19.3. The van der Waals surface area contributed by atoms with Crippen molar-refractivity contribution in [2.24, 2.45) is 0 Å². The van der Waals surface area contributed by atoms with Crippen molar-refractivity contribution in [3.63, 3.8) is 0 Å². The van der Waals surface area contributed by atoms with E-state index in [0.29, 0.717) is 0 Å². The lowest BCUT2D eigenvalue weighted by atomic mass is 10.2. The van der Waals surface area contributed by atoms with Gasteiger partial charge in [0, 0.05) is 6.04 Å². The van der Waals surface area contributed by atoms with Gasteiger partial charge >= 0.3 is 18.3 Å². The number of nitrogens with one attached hydrogen (secondary N) is 1. The molecule has 0 aromatic carbocycles. The molecule has 0 spiro atoms. The molecule has 0 heterocycles. The first-order chi connectivity index (χ1) is 6.25. The molecule has 0 bridgehead atoms. The van der Waals surface area contributed by atoms with E-state index in [4.69, 9.17) is 5.11 Å². The maximum Gasteiger partial charge on any atom is 0.319 e. The second-order valence-corrected chi connectivity index (χ2v) is 2.94. The molecular formula is C7H11F4NO2. The van der Waals surface area contributed by atoms with Crippen molar-refractivity contribution < 1.29 is 27.5 Å². The van der Waals surface area contributed by atoms with Gasteiger partial charge in [-0.1, -0.05) is 0 Å². The molecule has 0 aliphatic heterocycles. The van der Waals surface area contributed by atoms with Gasteiger partial charge in [-0.3, -0.25) is 4.79 Å². The van der Waals surface area contributed by atoms with E-state index in [1.807, 2.05) is 5.32 Å². The van der Waals surface area contributed by atoms with Gasteiger partial charge in [-0.05, 0) is 6.92 Å². The van der Waals surface area contributed by atoms with Crippen LogP contribution >= 0.6 is 0 Å². The smallest absolute Gasteiger partial charge is 0.319 e. The van der Waals surface area contributed by atoms with Crippen LogP contribution in [0.5, 0.6) is 0 Å². The van der Waals surface area contributed by atoms with E-state index in [2.05, 4.69) is 0 Å². The minimum atomic E-state index is -4.12. The molecule has 7 heteroatoms. The Morgan fingerprint density at radius 2 is 2.00 bits per heavy atom. The van der Waals surface area contributed by atoms with Gasteiger partial charge in [0.05, 0.1) is 13.0 Å². The number of carboxylic acid groups (broad SMARTS) is 1. The highest BCUT2D eigenvalue weighted by molar-refractivity contribution is 5.67. The monoisotopic (exact) mass is 217 g/mol. The Bertz CT molecular complexity index is 198. The van der Waals surface area contributed by atoms with E-state index in [1.165, 1.54) is 6.92 Å². The number of aliphatic carboxylic acids is 1. The molecule has 1 unspecified atom stereocenters. The number of hydrogen-bond acceptors (Lipinski definition) is 2. The van der Waals surface area contributed by atoms with Crippen molar-refractivity contribution in [1.29, 1.82) is 0 Å². The van der Waals surface area contributed by atoms with Crippen molar-refractivity contribution in [2.75, 3.05) is 6.54 Å². The molecule has 0 radical (unpaired) electrons. The molecule has 14 heavy (non-hydrogen) atoms. The largest absolute Gasteiger partial charge is 0.481 e. The summed E-state index contributed by atoms with van der Waals surface area (Å²) >= 11 is 0. The lowest BCUT2D eigenvalue weighted by Crippen LogP contribution is -2.42. The fourth-order valence-electron chi connectivity index (χ4n) is 0.722. The SMILES string of the molecule is CC(CC(=O)O)NCC(F)(F)C(F)F. The molecule has 0 rings (SSSR count). The number of carboxylic acids is 1. The number of halogens is 4. The molecule has 0 amide bonds. The highest BCUT2D eigenvalue weighted by Gasteiger charge is 2.40. The van der Waals surface area contributed by atoms with Crippen LogP contribution in [0.2, 0.25) is 0 Å². The van der Waals surface area contributed by atoms with Crippen molar-refractivity contribution in [1.82, 2.24) is 5.32 Å². The van der Waals surface area contributed by atoms with Crippen LogP contribution in [-0.2, 0) is 4.79 Å². The second kappa shape index (κ2) is 5.14. The summed E-state index contributed by atoms with van der Waals surface area (Å²) in [4.78, 5) is 10.1. The number of hydrogen-bond donors (Lipinski definition) is 2. The standard InChI is InChI=1S/C7H11F4NO2/c1-4(2-5(13)14)12-3-7(10,11)6(8)9/h4,6,12H,2-3H2,1H3,(H,13,14). The maximum atomic E-state index is 12.3. The lowest BCUT2D eigenvalue weighted by Gasteiger charge is -2.18. The molecule has 1 atom stereocenters. The summed E-state index contributed by atoms with van der Waals surface area (Å²) in [5.74, 6) is -5.29. The van der Waals surface area contributed by atoms with Gasteiger partial charge < -0.3 is 10.4 Å². The van der Waals surface area contributed by atoms with Crippen LogP contribution in [0.4, 0.5) is 17.6 Å². The van der Waals surface area contributed by atoms with Crippen LogP contribution in [0.1, 0.15) is 13.3 Å². The first-order valence-corrected chi connectivity index (χ1v) is 3.87. The van der Waals surface area contributed by atoms with Crippen LogP contribution < -0.4 is 5.32 Å². The summed E-state index contributed by atoms with van der Waals surface area (Å²) in [6.07, 6.45) is -4.13. The summed E-state index contributed by atoms with van der Waals surface area (Å²) < 4.78 is 47.8. The molecule has 0 aromatic rings. The Hall–Kier alpha value is -0.850. The van der Waals surface area contributed by atoms with Gasteiger partial charge in [-0.15, -0.1) is 0 Å². The van der Waals surface area contributed by atoms with Gasteiger partial charge in [0.15, 0.2) is 0 Å². The quantitative estimate of drug-likeness (QED) is 0.660. The number of alkyl halides is 4. The van der Waals surface area contributed by atoms with E-state index >= 15 is 0 Å². The first-order valence-electron chi connectivity index (χ1n) is 3.87. The topological polar surface area (TPSA) is 49.3 Å². The van der Waals surface area contributed by atoms with Crippen molar-refractivity contribution in [3.8, 4) is 0 Å². The van der Waals surface area contributed by atoms with E-state index in [9.17, 15) is 22.4 Å². The minimum Gasteiger partial charge on any atom is -0.481 e. The Morgan fingerprint density at radius 3 is 2.36 bits per heavy atom. The van der Waals surface area contributed by atoms with E-state index < -0.39 is 30.9 Å². The molecule has 0 aliphatic carbocycles. The third kappa shape index (κ3) is 5.00. The van der Waals surface area contributed by atoms with Crippen LogP contribution in [0.3, 0.4) is 0 Å². The van der Waals surface area contributed by atoms with E-state index in [-0.39, 0.29) is 6.42 Å². The zero-order valence-corrected chi connectivity index (χ0v) is 7.44. The Morgan fingerprint density at radius 1 is 1.50 bits per heavy atom. The van der Waals surface area contributed by atoms with Crippen LogP contribution in [0.15, 0.2) is 0 Å². The van der Waals surface area contributed by atoms with Crippen molar-refractivity contribution >= 4 is 5.97 Å². The van der Waals surface area contributed by atoms with Gasteiger partial charge in [0.1, 0.15) is 0 Å². The summed E-state index contributed by atoms with van der Waals surface area (Å²) in [6.45, 7) is 0.106. The van der Waals surface area contributed by atoms with Gasteiger partial charge in [0.25, 0.3) is 0 Å². The zero-order chi connectivity index (χ0) is 11.4. The molecular weight excluding hydrogens is 206 g/mol. The molecule has 84 valence electrons. The Labute approximate surface area is 78.1 Å². The summed E-state index contributed by atoms with van der Waals surface area (Å²) in [7, 11) is 0. The predicted octanol–water partition coefficient (Wildman–Crippen LogP) is 1.34. The average molecular weight is 217 g/mol. The summed E-state index contributed by atoms with van der Waals surface area (Å²) in [6, 6.07) is -0.767. The van der Waals surface area contributed by atoms with Crippen LogP contribution in [-0.4, -0.2) is 36.0 Å². The van der Waals surface area contributed by atoms with Crippen LogP contribution in [0, 0.1) is 0 Å². The van der Waals surface area contributed by atoms with E-state index in [0.717, 1.165) is 0 Å². The summed E-state index contributed by atoms with van der Waals surface area (Å²) in [5.41, 5.74) is 0. The van der Waals surface area contributed by atoms with Crippen LogP contribution in [0.25, 0.3) is 0 Å². The lowest BCUT2D eigenvalue weighted by molar-refractivity contribution is -0.138. The van der Waals surface area contributed by atoms with Gasteiger partial charge in [-0.2, -0.15) is 8.78 Å². The molecule has 3 nitrogen and oxygen atoms in total. The predicted molar refractivity (Wildman–Crippen MR) is 40.7 cm³/mol. The maximum absolute atomic E-state index is 12.3. The molecule has 0 saturated carbocycles. The Balaban J connectivity index is 3.87. The fourth-order valence-corrected chi connectivity index (χ4v) is 0.722. The number of carbonyl (C=O) groups is 1. The second-order valence-electron chi connectivity index (χ2n) is 2.94. The van der Waals surface area contributed by atoms with Gasteiger partial charge in [-0.25, -0.2) is 8.78 Å². The van der Waals surface area contributed by atoms with Crippen molar-refractivity contribution in [2.45, 2.75) is 31.7 Å². The van der Waals surface area contributed by atoms with E-state index in [1.54, 1.807) is 0 Å². The first kappa shape index (κ1) is 13.2. The highest BCUT2D eigenvalue weighted by Crippen LogP contribution is 2.21. The number of rotatable bonds is 6. The summed E-state index contributed by atoms with van der Waals surface area (Å²) in [5, 5.41) is 10.3.